The van der Waals surface area contributed by atoms with Crippen molar-refractivity contribution in [2.24, 2.45) is 0 Å². The Morgan fingerprint density at radius 1 is 1.10 bits per heavy atom. The lowest BCUT2D eigenvalue weighted by Gasteiger charge is -2.05. The topological polar surface area (TPSA) is 65.5 Å². The first kappa shape index (κ1) is 13.7. The first-order chi connectivity index (χ1) is 9.70. The molecule has 0 aliphatic carbocycles. The van der Waals surface area contributed by atoms with Crippen molar-refractivity contribution in [2.45, 2.75) is 6.92 Å². The SMILES string of the molecule is CCOC(=O)C(=O)c1ccc(Oc2ccccc2)nc1. The number of carbonyl (C=O) groups is 2. The van der Waals surface area contributed by atoms with Crippen molar-refractivity contribution in [1.82, 2.24) is 4.98 Å². The summed E-state index contributed by atoms with van der Waals surface area (Å²) in [5, 5.41) is 0. The summed E-state index contributed by atoms with van der Waals surface area (Å²) in [4.78, 5) is 26.9. The monoisotopic (exact) mass is 271 g/mol. The van der Waals surface area contributed by atoms with Gasteiger partial charge in [-0.1, -0.05) is 18.2 Å². The number of Topliss-reactive ketones (excluding diaryl/α,β-unsaturated/α-hetero) is 1. The fourth-order valence-corrected chi connectivity index (χ4v) is 1.50. The highest BCUT2D eigenvalue weighted by atomic mass is 16.5. The molecule has 0 amide bonds. The Kier molecular flexibility index (Phi) is 4.44. The van der Waals surface area contributed by atoms with Gasteiger partial charge in [-0.15, -0.1) is 0 Å². The van der Waals surface area contributed by atoms with Crippen LogP contribution in [0.4, 0.5) is 0 Å². The molecule has 0 N–H and O–H groups in total. The number of hydrogen-bond donors (Lipinski definition) is 0. The Labute approximate surface area is 116 Å². The first-order valence-corrected chi connectivity index (χ1v) is 6.11. The van der Waals surface area contributed by atoms with Gasteiger partial charge in [0, 0.05) is 17.8 Å². The third kappa shape index (κ3) is 3.41. The number of benzene rings is 1. The Bertz CT molecular complexity index is 593. The smallest absolute Gasteiger partial charge is 0.379 e. The fourth-order valence-electron chi connectivity index (χ4n) is 1.50. The van der Waals surface area contributed by atoms with Crippen molar-refractivity contribution in [3.05, 3.63) is 54.2 Å². The van der Waals surface area contributed by atoms with E-state index in [-0.39, 0.29) is 12.2 Å². The zero-order valence-corrected chi connectivity index (χ0v) is 10.9. The molecule has 5 heteroatoms. The van der Waals surface area contributed by atoms with Crippen molar-refractivity contribution < 1.29 is 19.1 Å². The molecule has 0 saturated carbocycles. The Hall–Kier alpha value is -2.69. The zero-order valence-electron chi connectivity index (χ0n) is 10.9. The summed E-state index contributed by atoms with van der Waals surface area (Å²) in [5.41, 5.74) is 0.170. The van der Waals surface area contributed by atoms with Crippen LogP contribution in [0.5, 0.6) is 11.6 Å². The number of aromatic nitrogens is 1. The van der Waals surface area contributed by atoms with Crippen LogP contribution < -0.4 is 4.74 Å². The average Bonchev–Trinajstić information content (AvgIpc) is 2.48. The standard InChI is InChI=1S/C15H13NO4/c1-2-19-15(18)14(17)11-8-9-13(16-10-11)20-12-6-4-3-5-7-12/h3-10H,2H2,1H3. The molecule has 2 aromatic rings. The van der Waals surface area contributed by atoms with Crippen LogP contribution in [0.25, 0.3) is 0 Å². The molecule has 0 fully saturated rings. The second-order valence-electron chi connectivity index (χ2n) is 3.85. The number of rotatable bonds is 5. The van der Waals surface area contributed by atoms with E-state index in [9.17, 15) is 9.59 Å². The molecule has 20 heavy (non-hydrogen) atoms. The second kappa shape index (κ2) is 6.47. The molecule has 1 aromatic heterocycles. The van der Waals surface area contributed by atoms with Crippen LogP contribution in [-0.4, -0.2) is 23.3 Å². The molecular formula is C15H13NO4. The maximum atomic E-state index is 11.6. The number of nitrogens with zero attached hydrogens (tertiary/aromatic N) is 1. The molecule has 1 heterocycles. The summed E-state index contributed by atoms with van der Waals surface area (Å²) in [6.45, 7) is 1.80. The van der Waals surface area contributed by atoms with E-state index < -0.39 is 11.8 Å². The van der Waals surface area contributed by atoms with Crippen LogP contribution in [0.2, 0.25) is 0 Å². The number of ketones is 1. The lowest BCUT2D eigenvalue weighted by molar-refractivity contribution is -0.137. The second-order valence-corrected chi connectivity index (χ2v) is 3.85. The zero-order chi connectivity index (χ0) is 14.4. The molecule has 5 nitrogen and oxygen atoms in total. The van der Waals surface area contributed by atoms with Crippen LogP contribution in [0.15, 0.2) is 48.7 Å². The molecule has 0 atom stereocenters. The van der Waals surface area contributed by atoms with Gasteiger partial charge < -0.3 is 9.47 Å². The Morgan fingerprint density at radius 2 is 1.85 bits per heavy atom. The quantitative estimate of drug-likeness (QED) is 0.475. The number of hydrogen-bond acceptors (Lipinski definition) is 5. The minimum Gasteiger partial charge on any atom is -0.460 e. The summed E-state index contributed by atoms with van der Waals surface area (Å²) in [7, 11) is 0. The molecule has 0 unspecified atom stereocenters. The van der Waals surface area contributed by atoms with Crippen LogP contribution in [0, 0.1) is 0 Å². The van der Waals surface area contributed by atoms with Gasteiger partial charge in [-0.2, -0.15) is 0 Å². The molecule has 102 valence electrons. The molecule has 0 radical (unpaired) electrons. The summed E-state index contributed by atoms with van der Waals surface area (Å²) in [6, 6.07) is 12.1. The van der Waals surface area contributed by atoms with Gasteiger partial charge in [0.1, 0.15) is 5.75 Å². The Balaban J connectivity index is 2.07. The van der Waals surface area contributed by atoms with E-state index in [0.29, 0.717) is 11.6 Å². The van der Waals surface area contributed by atoms with E-state index >= 15 is 0 Å². The van der Waals surface area contributed by atoms with Crippen LogP contribution in [0.3, 0.4) is 0 Å². The maximum absolute atomic E-state index is 11.6. The summed E-state index contributed by atoms with van der Waals surface area (Å²) in [5.74, 6) is -0.613. The van der Waals surface area contributed by atoms with Crippen molar-refractivity contribution in [3.8, 4) is 11.6 Å². The molecular weight excluding hydrogens is 258 g/mol. The van der Waals surface area contributed by atoms with E-state index in [1.807, 2.05) is 18.2 Å². The third-order valence-electron chi connectivity index (χ3n) is 2.42. The third-order valence-corrected chi connectivity index (χ3v) is 2.42. The van der Waals surface area contributed by atoms with Crippen molar-refractivity contribution >= 4 is 11.8 Å². The number of esters is 1. The van der Waals surface area contributed by atoms with Crippen LogP contribution >= 0.6 is 0 Å². The molecule has 0 aliphatic rings. The van der Waals surface area contributed by atoms with E-state index in [0.717, 1.165) is 0 Å². The first-order valence-electron chi connectivity index (χ1n) is 6.11. The summed E-state index contributed by atoms with van der Waals surface area (Å²) in [6.07, 6.45) is 1.29. The molecule has 0 bridgehead atoms. The van der Waals surface area contributed by atoms with Gasteiger partial charge in [0.2, 0.25) is 5.88 Å². The van der Waals surface area contributed by atoms with Gasteiger partial charge in [-0.3, -0.25) is 4.79 Å². The van der Waals surface area contributed by atoms with Gasteiger partial charge in [0.15, 0.2) is 0 Å². The normalized spacial score (nSPS) is 9.85. The minimum atomic E-state index is -0.883. The lowest BCUT2D eigenvalue weighted by atomic mass is 10.2. The van der Waals surface area contributed by atoms with Crippen molar-refractivity contribution in [2.75, 3.05) is 6.61 Å². The van der Waals surface area contributed by atoms with E-state index in [4.69, 9.17) is 4.74 Å². The molecule has 1 aromatic carbocycles. The fraction of sp³-hybridized carbons (Fsp3) is 0.133. The highest BCUT2D eigenvalue weighted by Gasteiger charge is 2.17. The van der Waals surface area contributed by atoms with Gasteiger partial charge in [0.05, 0.1) is 6.61 Å². The maximum Gasteiger partial charge on any atom is 0.379 e. The molecule has 0 aliphatic heterocycles. The molecule has 2 rings (SSSR count). The Morgan fingerprint density at radius 3 is 2.45 bits per heavy atom. The van der Waals surface area contributed by atoms with Gasteiger partial charge in [0.25, 0.3) is 5.78 Å². The van der Waals surface area contributed by atoms with Crippen LogP contribution in [0.1, 0.15) is 17.3 Å². The van der Waals surface area contributed by atoms with E-state index in [1.54, 1.807) is 19.1 Å². The summed E-state index contributed by atoms with van der Waals surface area (Å²) < 4.78 is 10.1. The highest BCUT2D eigenvalue weighted by Crippen LogP contribution is 2.18. The molecule has 0 saturated heterocycles. The number of carbonyl (C=O) groups excluding carboxylic acids is 2. The predicted molar refractivity (Wildman–Crippen MR) is 71.7 cm³/mol. The lowest BCUT2D eigenvalue weighted by Crippen LogP contribution is -2.17. The van der Waals surface area contributed by atoms with Gasteiger partial charge in [-0.05, 0) is 25.1 Å². The average molecular weight is 271 g/mol. The van der Waals surface area contributed by atoms with Crippen molar-refractivity contribution in [3.63, 3.8) is 0 Å². The van der Waals surface area contributed by atoms with Gasteiger partial charge >= 0.3 is 5.97 Å². The number of ether oxygens (including phenoxy) is 2. The highest BCUT2D eigenvalue weighted by molar-refractivity contribution is 6.40. The van der Waals surface area contributed by atoms with Gasteiger partial charge in [-0.25, -0.2) is 9.78 Å². The van der Waals surface area contributed by atoms with Crippen molar-refractivity contribution in [1.29, 1.82) is 0 Å². The molecule has 0 spiro atoms. The van der Waals surface area contributed by atoms with Crippen LogP contribution in [-0.2, 0) is 9.53 Å². The summed E-state index contributed by atoms with van der Waals surface area (Å²) >= 11 is 0. The van der Waals surface area contributed by atoms with E-state index in [1.165, 1.54) is 18.3 Å². The number of pyridine rings is 1. The largest absolute Gasteiger partial charge is 0.460 e. The van der Waals surface area contributed by atoms with E-state index in [2.05, 4.69) is 9.72 Å². The predicted octanol–water partition coefficient (Wildman–Crippen LogP) is 2.62. The number of para-hydroxylation sites is 1. The minimum absolute atomic E-state index is 0.160.